The van der Waals surface area contributed by atoms with Crippen molar-refractivity contribution in [2.24, 2.45) is 11.8 Å². The minimum atomic E-state index is -0.548. The van der Waals surface area contributed by atoms with Crippen LogP contribution in [-0.2, 0) is 4.74 Å². The molecule has 0 radical (unpaired) electrons. The van der Waals surface area contributed by atoms with Crippen molar-refractivity contribution in [3.05, 3.63) is 76.4 Å². The molecule has 0 aliphatic carbocycles. The zero-order chi connectivity index (χ0) is 30.0. The molecule has 0 N–H and O–H groups in total. The van der Waals surface area contributed by atoms with Gasteiger partial charge < -0.3 is 9.64 Å². The van der Waals surface area contributed by atoms with Crippen molar-refractivity contribution in [2.75, 3.05) is 19.8 Å². The Hall–Kier alpha value is -2.62. The average molecular weight is 552 g/mol. The molecule has 1 unspecified atom stereocenters. The number of alkyl halides is 1. The van der Waals surface area contributed by atoms with Crippen molar-refractivity contribution >= 4 is 11.7 Å². The van der Waals surface area contributed by atoms with Crippen LogP contribution in [0.1, 0.15) is 110 Å². The van der Waals surface area contributed by atoms with E-state index in [1.165, 1.54) is 27.8 Å². The standard InChI is InChI=1S/C36H54FNO2/c1-11-13-32(31(22-27(6)24-37)16-14-26(5)12-2)34(25(3)4)33-23-30(17-15-28(33)7)29-18-20-38(21-19-29)35(39)40-36(8,9)10/h14-17,22-23,25-26,29H,6,11-13,18-21,24H2,1-5,7-10H3/b16-14-,31-22+,34-32+. The van der Waals surface area contributed by atoms with Gasteiger partial charge in [-0.1, -0.05) is 84.4 Å². The number of rotatable bonds is 11. The second-order valence-electron chi connectivity index (χ2n) is 12.7. The third-order valence-electron chi connectivity index (χ3n) is 7.70. The van der Waals surface area contributed by atoms with Gasteiger partial charge in [0.1, 0.15) is 12.3 Å². The molecule has 0 bridgehead atoms. The van der Waals surface area contributed by atoms with Gasteiger partial charge in [-0.2, -0.15) is 0 Å². The third kappa shape index (κ3) is 9.78. The van der Waals surface area contributed by atoms with Crippen LogP contribution in [0.3, 0.4) is 0 Å². The summed E-state index contributed by atoms with van der Waals surface area (Å²) in [4.78, 5) is 14.4. The van der Waals surface area contributed by atoms with Gasteiger partial charge in [0.25, 0.3) is 0 Å². The monoisotopic (exact) mass is 551 g/mol. The molecule has 0 spiro atoms. The number of amides is 1. The number of carbonyl (C=O) groups is 1. The van der Waals surface area contributed by atoms with Crippen LogP contribution in [0.15, 0.2) is 59.7 Å². The molecule has 0 aromatic heterocycles. The lowest BCUT2D eigenvalue weighted by Gasteiger charge is -2.34. The molecule has 40 heavy (non-hydrogen) atoms. The maximum absolute atomic E-state index is 13.6. The first-order valence-electron chi connectivity index (χ1n) is 15.3. The van der Waals surface area contributed by atoms with Gasteiger partial charge in [-0.3, -0.25) is 0 Å². The summed E-state index contributed by atoms with van der Waals surface area (Å²) in [5, 5.41) is 0. The molecule has 1 saturated heterocycles. The van der Waals surface area contributed by atoms with Gasteiger partial charge in [0, 0.05) is 13.1 Å². The molecule has 4 heteroatoms. The zero-order valence-electron chi connectivity index (χ0n) is 26.7. The smallest absolute Gasteiger partial charge is 0.410 e. The van der Waals surface area contributed by atoms with Crippen LogP contribution in [-0.4, -0.2) is 36.4 Å². The number of benzene rings is 1. The normalized spacial score (nSPS) is 16.9. The van der Waals surface area contributed by atoms with E-state index in [4.69, 9.17) is 4.74 Å². The highest BCUT2D eigenvalue weighted by molar-refractivity contribution is 5.77. The fourth-order valence-corrected chi connectivity index (χ4v) is 5.31. The number of carbonyl (C=O) groups excluding carboxylic acids is 1. The zero-order valence-corrected chi connectivity index (χ0v) is 26.7. The number of aryl methyl sites for hydroxylation is 1. The van der Waals surface area contributed by atoms with Gasteiger partial charge in [0.2, 0.25) is 0 Å². The van der Waals surface area contributed by atoms with E-state index in [9.17, 15) is 9.18 Å². The van der Waals surface area contributed by atoms with Crippen LogP contribution in [0.25, 0.3) is 5.57 Å². The van der Waals surface area contributed by atoms with Crippen LogP contribution in [0.4, 0.5) is 9.18 Å². The Bertz CT molecular complexity index is 1090. The second-order valence-corrected chi connectivity index (χ2v) is 12.7. The van der Waals surface area contributed by atoms with E-state index in [1.54, 1.807) is 0 Å². The first-order valence-corrected chi connectivity index (χ1v) is 15.3. The summed E-state index contributed by atoms with van der Waals surface area (Å²) in [5.74, 6) is 1.14. The number of nitrogens with zero attached hydrogens (tertiary/aromatic N) is 1. The molecule has 1 aliphatic heterocycles. The molecule has 1 aliphatic rings. The van der Waals surface area contributed by atoms with Gasteiger partial charge in [0.05, 0.1) is 0 Å². The summed E-state index contributed by atoms with van der Waals surface area (Å²) in [5.41, 5.74) is 7.56. The van der Waals surface area contributed by atoms with E-state index in [1.807, 2.05) is 31.7 Å². The molecule has 1 atom stereocenters. The van der Waals surface area contributed by atoms with Gasteiger partial charge in [-0.15, -0.1) is 0 Å². The Morgan fingerprint density at radius 3 is 2.35 bits per heavy atom. The van der Waals surface area contributed by atoms with Crippen LogP contribution in [0.5, 0.6) is 0 Å². The summed E-state index contributed by atoms with van der Waals surface area (Å²) in [7, 11) is 0. The summed E-state index contributed by atoms with van der Waals surface area (Å²) >= 11 is 0. The Morgan fingerprint density at radius 1 is 1.18 bits per heavy atom. The average Bonchev–Trinajstić information content (AvgIpc) is 2.90. The minimum absolute atomic E-state index is 0.218. The van der Waals surface area contributed by atoms with E-state index in [-0.39, 0.29) is 6.09 Å². The second kappa shape index (κ2) is 15.4. The van der Waals surface area contributed by atoms with E-state index in [2.05, 4.69) is 78.5 Å². The topological polar surface area (TPSA) is 29.5 Å². The molecule has 1 amide bonds. The number of hydrogen-bond donors (Lipinski definition) is 0. The number of likely N-dealkylation sites (tertiary alicyclic amines) is 1. The third-order valence-corrected chi connectivity index (χ3v) is 7.70. The molecule has 2 rings (SSSR count). The molecule has 1 fully saturated rings. The van der Waals surface area contributed by atoms with Gasteiger partial charge in [-0.05, 0) is 110 Å². The first-order chi connectivity index (χ1) is 18.8. The molecule has 222 valence electrons. The van der Waals surface area contributed by atoms with E-state index in [0.29, 0.717) is 36.4 Å². The minimum Gasteiger partial charge on any atom is -0.444 e. The summed E-state index contributed by atoms with van der Waals surface area (Å²) in [6, 6.07) is 6.89. The summed E-state index contributed by atoms with van der Waals surface area (Å²) < 4.78 is 19.2. The van der Waals surface area contributed by atoms with Gasteiger partial charge >= 0.3 is 6.09 Å². The molecular formula is C36H54FNO2. The lowest BCUT2D eigenvalue weighted by Crippen LogP contribution is -2.41. The number of piperidine rings is 1. The van der Waals surface area contributed by atoms with Crippen LogP contribution >= 0.6 is 0 Å². The fraction of sp³-hybridized carbons (Fsp3) is 0.583. The summed E-state index contributed by atoms with van der Waals surface area (Å²) in [6.07, 6.45) is 11.0. The number of halogens is 1. The van der Waals surface area contributed by atoms with Crippen molar-refractivity contribution in [3.63, 3.8) is 0 Å². The van der Waals surface area contributed by atoms with Crippen molar-refractivity contribution in [1.82, 2.24) is 4.90 Å². The molecule has 1 heterocycles. The number of hydrogen-bond acceptors (Lipinski definition) is 2. The predicted molar refractivity (Wildman–Crippen MR) is 169 cm³/mol. The Balaban J connectivity index is 2.53. The highest BCUT2D eigenvalue weighted by Gasteiger charge is 2.28. The van der Waals surface area contributed by atoms with Crippen molar-refractivity contribution < 1.29 is 13.9 Å². The van der Waals surface area contributed by atoms with Crippen LogP contribution in [0, 0.1) is 18.8 Å². The Morgan fingerprint density at radius 2 is 1.82 bits per heavy atom. The maximum Gasteiger partial charge on any atom is 0.410 e. The van der Waals surface area contributed by atoms with Gasteiger partial charge in [0.15, 0.2) is 0 Å². The van der Waals surface area contributed by atoms with Crippen molar-refractivity contribution in [2.45, 2.75) is 106 Å². The van der Waals surface area contributed by atoms with E-state index >= 15 is 0 Å². The molecule has 3 nitrogen and oxygen atoms in total. The highest BCUT2D eigenvalue weighted by atomic mass is 19.1. The lowest BCUT2D eigenvalue weighted by molar-refractivity contribution is 0.0205. The SMILES string of the molecule is C=C(/C=C(\C=C/C(C)CC)C(/CCC)=C(/c1cc(C2CCN(C(=O)OC(C)(C)C)CC2)ccc1C)C(C)C)CF. The fourth-order valence-electron chi connectivity index (χ4n) is 5.31. The largest absolute Gasteiger partial charge is 0.444 e. The quantitative estimate of drug-likeness (QED) is 0.256. The lowest BCUT2D eigenvalue weighted by atomic mass is 9.80. The van der Waals surface area contributed by atoms with Crippen LogP contribution in [0.2, 0.25) is 0 Å². The molecular weight excluding hydrogens is 497 g/mol. The predicted octanol–water partition coefficient (Wildman–Crippen LogP) is 10.4. The molecule has 1 aromatic rings. The summed E-state index contributed by atoms with van der Waals surface area (Å²) in [6.45, 7) is 23.9. The highest BCUT2D eigenvalue weighted by Crippen LogP contribution is 2.38. The van der Waals surface area contributed by atoms with E-state index < -0.39 is 12.3 Å². The Labute approximate surface area is 244 Å². The van der Waals surface area contributed by atoms with Crippen molar-refractivity contribution in [1.29, 1.82) is 0 Å². The molecule has 0 saturated carbocycles. The Kier molecular flexibility index (Phi) is 12.9. The number of allylic oxidation sites excluding steroid dienone is 7. The van der Waals surface area contributed by atoms with Crippen LogP contribution < -0.4 is 0 Å². The number of ether oxygens (including phenoxy) is 1. The first kappa shape index (κ1) is 33.6. The van der Waals surface area contributed by atoms with E-state index in [0.717, 1.165) is 37.7 Å². The van der Waals surface area contributed by atoms with Gasteiger partial charge in [-0.25, -0.2) is 9.18 Å². The van der Waals surface area contributed by atoms with Crippen molar-refractivity contribution in [3.8, 4) is 0 Å². The maximum atomic E-state index is 13.6. The molecule has 1 aromatic carbocycles.